The maximum atomic E-state index is 6.35. The van der Waals surface area contributed by atoms with Gasteiger partial charge in [-0.25, -0.2) is 0 Å². The van der Waals surface area contributed by atoms with Crippen LogP contribution < -0.4 is 16.0 Å². The Morgan fingerprint density at radius 3 is 2.56 bits per heavy atom. The van der Waals surface area contributed by atoms with Gasteiger partial charge in [-0.05, 0) is 56.1 Å². The van der Waals surface area contributed by atoms with E-state index in [9.17, 15) is 0 Å². The summed E-state index contributed by atoms with van der Waals surface area (Å²) in [5, 5.41) is 4.74. The van der Waals surface area contributed by atoms with E-state index in [0.29, 0.717) is 10.0 Å². The van der Waals surface area contributed by atoms with Gasteiger partial charge >= 0.3 is 0 Å². The lowest BCUT2D eigenvalue weighted by molar-refractivity contribution is 0.254. The Bertz CT molecular complexity index is 758. The summed E-state index contributed by atoms with van der Waals surface area (Å²) in [6.07, 6.45) is 2.33. The molecule has 1 aliphatic rings. The lowest BCUT2D eigenvalue weighted by atomic mass is 10.2. The smallest absolute Gasteiger partial charge is 0.0825 e. The quantitative estimate of drug-likeness (QED) is 0.506. The van der Waals surface area contributed by atoms with Crippen LogP contribution in [-0.4, -0.2) is 44.2 Å². The van der Waals surface area contributed by atoms with Crippen LogP contribution in [0.4, 0.5) is 17.1 Å². The summed E-state index contributed by atoms with van der Waals surface area (Å²) in [5.41, 5.74) is 10.1. The number of hydrogen-bond donors (Lipinski definition) is 2. The molecule has 6 heteroatoms. The SMILES string of the molecule is Cc1ccc(NCCCCN2CCN(c3cccc(Cl)c3Cl)CC2)cc1N. The molecule has 146 valence electrons. The molecule has 3 N–H and O–H groups in total. The van der Waals surface area contributed by atoms with E-state index in [4.69, 9.17) is 28.9 Å². The molecule has 2 aromatic rings. The average molecular weight is 407 g/mol. The molecule has 1 aliphatic heterocycles. The van der Waals surface area contributed by atoms with Crippen molar-refractivity contribution in [1.82, 2.24) is 4.90 Å². The van der Waals surface area contributed by atoms with Gasteiger partial charge in [-0.15, -0.1) is 0 Å². The van der Waals surface area contributed by atoms with Crippen LogP contribution in [0, 0.1) is 6.92 Å². The second kappa shape index (κ2) is 9.54. The number of nitrogens with one attached hydrogen (secondary N) is 1. The second-order valence-electron chi connectivity index (χ2n) is 7.11. The highest BCUT2D eigenvalue weighted by molar-refractivity contribution is 6.43. The maximum Gasteiger partial charge on any atom is 0.0825 e. The molecule has 1 heterocycles. The van der Waals surface area contributed by atoms with Gasteiger partial charge in [0.15, 0.2) is 0 Å². The molecule has 0 amide bonds. The van der Waals surface area contributed by atoms with Gasteiger partial charge in [0.1, 0.15) is 0 Å². The van der Waals surface area contributed by atoms with E-state index < -0.39 is 0 Å². The number of piperazine rings is 1. The van der Waals surface area contributed by atoms with Crippen LogP contribution in [0.5, 0.6) is 0 Å². The molecule has 0 radical (unpaired) electrons. The number of halogens is 2. The van der Waals surface area contributed by atoms with Crippen molar-refractivity contribution in [3.8, 4) is 0 Å². The summed E-state index contributed by atoms with van der Waals surface area (Å²) >= 11 is 12.5. The van der Waals surface area contributed by atoms with Crippen molar-refractivity contribution >= 4 is 40.3 Å². The summed E-state index contributed by atoms with van der Waals surface area (Å²) in [6.45, 7) is 8.23. The number of aryl methyl sites for hydroxylation is 1. The standard InChI is InChI=1S/C21H28Cl2N4/c1-16-7-8-17(15-19(16)24)25-9-2-3-10-26-11-13-27(14-12-26)20-6-4-5-18(22)21(20)23/h4-8,15,25H,2-3,9-14,24H2,1H3. The molecule has 0 atom stereocenters. The average Bonchev–Trinajstić information content (AvgIpc) is 2.67. The minimum atomic E-state index is 0.624. The molecule has 0 saturated carbocycles. The zero-order valence-electron chi connectivity index (χ0n) is 15.8. The van der Waals surface area contributed by atoms with E-state index in [0.717, 1.165) is 68.3 Å². The van der Waals surface area contributed by atoms with Crippen molar-refractivity contribution < 1.29 is 0 Å². The van der Waals surface area contributed by atoms with Gasteiger partial charge in [0.2, 0.25) is 0 Å². The fourth-order valence-electron chi connectivity index (χ4n) is 3.39. The predicted octanol–water partition coefficient (Wildman–Crippen LogP) is 4.90. The topological polar surface area (TPSA) is 44.5 Å². The van der Waals surface area contributed by atoms with Crippen molar-refractivity contribution in [2.75, 3.05) is 55.2 Å². The molecule has 27 heavy (non-hydrogen) atoms. The third kappa shape index (κ3) is 5.44. The molecular weight excluding hydrogens is 379 g/mol. The molecule has 0 unspecified atom stereocenters. The second-order valence-corrected chi connectivity index (χ2v) is 7.89. The molecular formula is C21H28Cl2N4. The highest BCUT2D eigenvalue weighted by atomic mass is 35.5. The summed E-state index contributed by atoms with van der Waals surface area (Å²) in [4.78, 5) is 4.85. The normalized spacial score (nSPS) is 15.1. The summed E-state index contributed by atoms with van der Waals surface area (Å²) < 4.78 is 0. The Morgan fingerprint density at radius 1 is 1.04 bits per heavy atom. The molecule has 1 fully saturated rings. The number of nitrogen functional groups attached to an aromatic ring is 1. The highest BCUT2D eigenvalue weighted by Crippen LogP contribution is 2.32. The van der Waals surface area contributed by atoms with Gasteiger partial charge in [0.25, 0.3) is 0 Å². The van der Waals surface area contributed by atoms with Crippen LogP contribution in [0.15, 0.2) is 36.4 Å². The Kier molecular flexibility index (Phi) is 7.11. The third-order valence-corrected chi connectivity index (χ3v) is 5.96. The van der Waals surface area contributed by atoms with Gasteiger partial charge in [0, 0.05) is 44.1 Å². The molecule has 3 rings (SSSR count). The van der Waals surface area contributed by atoms with Crippen molar-refractivity contribution in [2.45, 2.75) is 19.8 Å². The fraction of sp³-hybridized carbons (Fsp3) is 0.429. The molecule has 0 spiro atoms. The Hall–Kier alpha value is -1.62. The fourth-order valence-corrected chi connectivity index (χ4v) is 3.81. The van der Waals surface area contributed by atoms with Crippen LogP contribution in [0.1, 0.15) is 18.4 Å². The summed E-state index contributed by atoms with van der Waals surface area (Å²) in [7, 11) is 0. The number of nitrogens with two attached hydrogens (primary N) is 1. The van der Waals surface area contributed by atoms with Gasteiger partial charge in [0.05, 0.1) is 15.7 Å². The zero-order valence-corrected chi connectivity index (χ0v) is 17.4. The van der Waals surface area contributed by atoms with Crippen molar-refractivity contribution in [3.63, 3.8) is 0 Å². The number of anilines is 3. The van der Waals surface area contributed by atoms with Crippen molar-refractivity contribution in [1.29, 1.82) is 0 Å². The molecule has 0 aromatic heterocycles. The lowest BCUT2D eigenvalue weighted by Crippen LogP contribution is -2.46. The monoisotopic (exact) mass is 406 g/mol. The molecule has 2 aromatic carbocycles. The molecule has 0 aliphatic carbocycles. The largest absolute Gasteiger partial charge is 0.398 e. The Morgan fingerprint density at radius 2 is 1.81 bits per heavy atom. The third-order valence-electron chi connectivity index (χ3n) is 5.15. The van der Waals surface area contributed by atoms with Crippen molar-refractivity contribution in [2.24, 2.45) is 0 Å². The van der Waals surface area contributed by atoms with Crippen LogP contribution >= 0.6 is 23.2 Å². The van der Waals surface area contributed by atoms with E-state index in [1.165, 1.54) is 6.42 Å². The van der Waals surface area contributed by atoms with Crippen molar-refractivity contribution in [3.05, 3.63) is 52.0 Å². The van der Waals surface area contributed by atoms with Gasteiger partial charge in [-0.2, -0.15) is 0 Å². The van der Waals surface area contributed by atoms with Crippen LogP contribution in [0.25, 0.3) is 0 Å². The number of unbranched alkanes of at least 4 members (excludes halogenated alkanes) is 1. The minimum Gasteiger partial charge on any atom is -0.398 e. The first-order valence-corrected chi connectivity index (χ1v) is 10.3. The van der Waals surface area contributed by atoms with E-state index >= 15 is 0 Å². The minimum absolute atomic E-state index is 0.624. The van der Waals surface area contributed by atoms with Gasteiger partial charge < -0.3 is 16.0 Å². The number of nitrogens with zero attached hydrogens (tertiary/aromatic N) is 2. The maximum absolute atomic E-state index is 6.35. The van der Waals surface area contributed by atoms with Gasteiger partial charge in [-0.3, -0.25) is 4.90 Å². The number of hydrogen-bond acceptors (Lipinski definition) is 4. The first-order chi connectivity index (χ1) is 13.0. The summed E-state index contributed by atoms with van der Waals surface area (Å²) in [6, 6.07) is 12.0. The van der Waals surface area contributed by atoms with Crippen LogP contribution in [0.3, 0.4) is 0 Å². The van der Waals surface area contributed by atoms with Crippen LogP contribution in [0.2, 0.25) is 10.0 Å². The van der Waals surface area contributed by atoms with E-state index in [1.54, 1.807) is 0 Å². The van der Waals surface area contributed by atoms with E-state index in [-0.39, 0.29) is 0 Å². The molecule has 1 saturated heterocycles. The van der Waals surface area contributed by atoms with E-state index in [1.807, 2.05) is 31.2 Å². The highest BCUT2D eigenvalue weighted by Gasteiger charge is 2.19. The van der Waals surface area contributed by atoms with E-state index in [2.05, 4.69) is 27.2 Å². The molecule has 0 bridgehead atoms. The summed E-state index contributed by atoms with van der Waals surface area (Å²) in [5.74, 6) is 0. The first kappa shape index (κ1) is 20.1. The molecule has 4 nitrogen and oxygen atoms in total. The first-order valence-electron chi connectivity index (χ1n) is 9.56. The lowest BCUT2D eigenvalue weighted by Gasteiger charge is -2.36. The van der Waals surface area contributed by atoms with Crippen LogP contribution in [-0.2, 0) is 0 Å². The Labute approximate surface area is 172 Å². The zero-order chi connectivity index (χ0) is 19.2. The Balaban J connectivity index is 1.35. The number of benzene rings is 2. The predicted molar refractivity (Wildman–Crippen MR) is 118 cm³/mol. The van der Waals surface area contributed by atoms with Gasteiger partial charge in [-0.1, -0.05) is 35.3 Å². The number of rotatable bonds is 7.